The van der Waals surface area contributed by atoms with E-state index < -0.39 is 0 Å². The van der Waals surface area contributed by atoms with Crippen LogP contribution in [0.4, 0.5) is 5.82 Å². The zero-order chi connectivity index (χ0) is 13.3. The fourth-order valence-corrected chi connectivity index (χ4v) is 2.52. The number of likely N-dealkylation sites (N-methyl/N-ethyl adjacent to an activating group) is 1. The number of aromatic nitrogens is 1. The number of piperazine rings is 1. The Morgan fingerprint density at radius 3 is 2.72 bits per heavy atom. The monoisotopic (exact) mass is 269 g/mol. The van der Waals surface area contributed by atoms with Gasteiger partial charge >= 0.3 is 0 Å². The van der Waals surface area contributed by atoms with E-state index in [9.17, 15) is 0 Å². The van der Waals surface area contributed by atoms with Crippen molar-refractivity contribution in [2.75, 3.05) is 31.6 Å². The quantitative estimate of drug-likeness (QED) is 0.888. The van der Waals surface area contributed by atoms with Gasteiger partial charge in [-0.15, -0.1) is 0 Å². The van der Waals surface area contributed by atoms with Gasteiger partial charge in [-0.1, -0.05) is 11.6 Å². The molecule has 1 fully saturated rings. The van der Waals surface area contributed by atoms with E-state index in [0.29, 0.717) is 5.02 Å². The molecular formula is C13H20ClN3O. The second kappa shape index (κ2) is 5.03. The summed E-state index contributed by atoms with van der Waals surface area (Å²) in [6, 6.07) is 1.79. The standard InChI is InChI=1S/C13H20ClN3O/c1-13(2)9-17(5-4-16(13)3)12-11(14)6-10(8-18)7-15-12/h6-7,18H,4-5,8-9H2,1-3H3. The number of aliphatic hydroxyl groups is 1. The van der Waals surface area contributed by atoms with Crippen LogP contribution < -0.4 is 4.90 Å². The fourth-order valence-electron chi connectivity index (χ4n) is 2.21. The Balaban J connectivity index is 2.22. The number of halogens is 1. The predicted molar refractivity (Wildman–Crippen MR) is 74.1 cm³/mol. The molecule has 0 bridgehead atoms. The third kappa shape index (κ3) is 2.60. The molecule has 1 aliphatic heterocycles. The van der Waals surface area contributed by atoms with Crippen molar-refractivity contribution in [3.8, 4) is 0 Å². The van der Waals surface area contributed by atoms with E-state index in [-0.39, 0.29) is 12.1 Å². The van der Waals surface area contributed by atoms with E-state index in [1.165, 1.54) is 0 Å². The Morgan fingerprint density at radius 2 is 2.17 bits per heavy atom. The van der Waals surface area contributed by atoms with E-state index in [0.717, 1.165) is 31.0 Å². The van der Waals surface area contributed by atoms with Gasteiger partial charge in [0.25, 0.3) is 0 Å². The molecule has 2 rings (SSSR count). The summed E-state index contributed by atoms with van der Waals surface area (Å²) in [6.07, 6.45) is 1.69. The van der Waals surface area contributed by atoms with E-state index in [4.69, 9.17) is 16.7 Å². The molecule has 4 nitrogen and oxygen atoms in total. The minimum atomic E-state index is -0.0266. The van der Waals surface area contributed by atoms with E-state index >= 15 is 0 Å². The molecule has 1 aromatic heterocycles. The minimum Gasteiger partial charge on any atom is -0.392 e. The summed E-state index contributed by atoms with van der Waals surface area (Å²) < 4.78 is 0. The van der Waals surface area contributed by atoms with Gasteiger partial charge in [0.2, 0.25) is 0 Å². The summed E-state index contributed by atoms with van der Waals surface area (Å²) in [4.78, 5) is 8.94. The summed E-state index contributed by atoms with van der Waals surface area (Å²) >= 11 is 6.24. The largest absolute Gasteiger partial charge is 0.392 e. The van der Waals surface area contributed by atoms with Crippen LogP contribution in [0.5, 0.6) is 0 Å². The molecule has 0 amide bonds. The van der Waals surface area contributed by atoms with Gasteiger partial charge in [0.05, 0.1) is 11.6 Å². The van der Waals surface area contributed by atoms with Gasteiger partial charge in [-0.3, -0.25) is 4.90 Å². The molecule has 1 saturated heterocycles. The lowest BCUT2D eigenvalue weighted by Crippen LogP contribution is -2.58. The molecule has 18 heavy (non-hydrogen) atoms. The highest BCUT2D eigenvalue weighted by atomic mass is 35.5. The lowest BCUT2D eigenvalue weighted by atomic mass is 10.00. The van der Waals surface area contributed by atoms with Gasteiger partial charge in [0.1, 0.15) is 5.82 Å². The van der Waals surface area contributed by atoms with Crippen molar-refractivity contribution in [1.82, 2.24) is 9.88 Å². The van der Waals surface area contributed by atoms with Crippen LogP contribution in [0.25, 0.3) is 0 Å². The molecular weight excluding hydrogens is 250 g/mol. The highest BCUT2D eigenvalue weighted by Crippen LogP contribution is 2.28. The number of rotatable bonds is 2. The number of aliphatic hydroxyl groups excluding tert-OH is 1. The normalized spacial score (nSPS) is 20.2. The average molecular weight is 270 g/mol. The maximum absolute atomic E-state index is 9.06. The molecule has 0 aromatic carbocycles. The third-order valence-corrected chi connectivity index (χ3v) is 3.96. The summed E-state index contributed by atoms with van der Waals surface area (Å²) in [6.45, 7) is 7.22. The highest BCUT2D eigenvalue weighted by Gasteiger charge is 2.32. The third-order valence-electron chi connectivity index (χ3n) is 3.68. The van der Waals surface area contributed by atoms with Gasteiger partial charge in [-0.2, -0.15) is 0 Å². The minimum absolute atomic E-state index is 0.0266. The molecule has 1 N–H and O–H groups in total. The lowest BCUT2D eigenvalue weighted by Gasteiger charge is -2.45. The second-order valence-electron chi connectivity index (χ2n) is 5.46. The van der Waals surface area contributed by atoms with Gasteiger partial charge in [0.15, 0.2) is 0 Å². The maximum Gasteiger partial charge on any atom is 0.147 e. The van der Waals surface area contributed by atoms with Crippen molar-refractivity contribution in [2.45, 2.75) is 26.0 Å². The van der Waals surface area contributed by atoms with Crippen LogP contribution in [-0.2, 0) is 6.61 Å². The molecule has 0 spiro atoms. The number of hydrogen-bond donors (Lipinski definition) is 1. The first-order chi connectivity index (χ1) is 8.44. The molecule has 2 heterocycles. The molecule has 0 aliphatic carbocycles. The fraction of sp³-hybridized carbons (Fsp3) is 0.615. The lowest BCUT2D eigenvalue weighted by molar-refractivity contribution is 0.138. The van der Waals surface area contributed by atoms with Crippen LogP contribution in [0.2, 0.25) is 5.02 Å². The zero-order valence-corrected chi connectivity index (χ0v) is 11.9. The number of nitrogens with zero attached hydrogens (tertiary/aromatic N) is 3. The summed E-state index contributed by atoms with van der Waals surface area (Å²) in [7, 11) is 2.14. The second-order valence-corrected chi connectivity index (χ2v) is 5.87. The number of hydrogen-bond acceptors (Lipinski definition) is 4. The Morgan fingerprint density at radius 1 is 1.44 bits per heavy atom. The summed E-state index contributed by atoms with van der Waals surface area (Å²) in [5, 5.41) is 9.68. The van der Waals surface area contributed by atoms with Crippen molar-refractivity contribution in [3.63, 3.8) is 0 Å². The predicted octanol–water partition coefficient (Wildman–Crippen LogP) is 1.76. The van der Waals surface area contributed by atoms with E-state index in [1.807, 2.05) is 0 Å². The van der Waals surface area contributed by atoms with Crippen molar-refractivity contribution in [2.24, 2.45) is 0 Å². The van der Waals surface area contributed by atoms with Crippen molar-refractivity contribution in [3.05, 3.63) is 22.8 Å². The SMILES string of the molecule is CN1CCN(c2ncc(CO)cc2Cl)CC1(C)C. The number of anilines is 1. The molecule has 1 aromatic rings. The van der Waals surface area contributed by atoms with E-state index in [1.54, 1.807) is 12.3 Å². The van der Waals surface area contributed by atoms with Gasteiger partial charge in [-0.05, 0) is 32.5 Å². The summed E-state index contributed by atoms with van der Waals surface area (Å²) in [5.41, 5.74) is 0.857. The Hall–Kier alpha value is -0.840. The first kappa shape index (κ1) is 13.6. The maximum atomic E-state index is 9.06. The molecule has 0 unspecified atom stereocenters. The van der Waals surface area contributed by atoms with Crippen LogP contribution in [0, 0.1) is 0 Å². The Labute approximate surface area is 113 Å². The van der Waals surface area contributed by atoms with Crippen LogP contribution in [0.3, 0.4) is 0 Å². The van der Waals surface area contributed by atoms with Crippen molar-refractivity contribution < 1.29 is 5.11 Å². The first-order valence-corrected chi connectivity index (χ1v) is 6.53. The van der Waals surface area contributed by atoms with Crippen molar-refractivity contribution >= 4 is 17.4 Å². The Kier molecular flexibility index (Phi) is 3.80. The van der Waals surface area contributed by atoms with Crippen molar-refractivity contribution in [1.29, 1.82) is 0 Å². The van der Waals surface area contributed by atoms with Crippen LogP contribution in [0.1, 0.15) is 19.4 Å². The molecule has 0 atom stereocenters. The van der Waals surface area contributed by atoms with Crippen LogP contribution in [-0.4, -0.2) is 47.2 Å². The van der Waals surface area contributed by atoms with Crippen LogP contribution in [0.15, 0.2) is 12.3 Å². The summed E-state index contributed by atoms with van der Waals surface area (Å²) in [5.74, 6) is 0.815. The number of pyridine rings is 1. The van der Waals surface area contributed by atoms with E-state index in [2.05, 4.69) is 35.7 Å². The Bertz CT molecular complexity index is 436. The van der Waals surface area contributed by atoms with Crippen LogP contribution >= 0.6 is 11.6 Å². The van der Waals surface area contributed by atoms with Gasteiger partial charge in [0, 0.05) is 31.4 Å². The molecule has 5 heteroatoms. The molecule has 100 valence electrons. The molecule has 0 saturated carbocycles. The van der Waals surface area contributed by atoms with Gasteiger partial charge < -0.3 is 10.0 Å². The molecule has 0 radical (unpaired) electrons. The highest BCUT2D eigenvalue weighted by molar-refractivity contribution is 6.33. The average Bonchev–Trinajstić information content (AvgIpc) is 2.32. The topological polar surface area (TPSA) is 39.6 Å². The van der Waals surface area contributed by atoms with Gasteiger partial charge in [-0.25, -0.2) is 4.98 Å². The molecule has 1 aliphatic rings. The zero-order valence-electron chi connectivity index (χ0n) is 11.1. The first-order valence-electron chi connectivity index (χ1n) is 6.15. The smallest absolute Gasteiger partial charge is 0.147 e.